The Bertz CT molecular complexity index is 746. The summed E-state index contributed by atoms with van der Waals surface area (Å²) in [6, 6.07) is 4.40. The van der Waals surface area contributed by atoms with Crippen LogP contribution < -0.4 is 9.47 Å². The van der Waals surface area contributed by atoms with Crippen molar-refractivity contribution >= 4 is 22.0 Å². The predicted octanol–water partition coefficient (Wildman–Crippen LogP) is 1.70. The van der Waals surface area contributed by atoms with Gasteiger partial charge in [0.1, 0.15) is 6.29 Å². The summed E-state index contributed by atoms with van der Waals surface area (Å²) in [5.41, 5.74) is 0.446. The Labute approximate surface area is 154 Å². The van der Waals surface area contributed by atoms with Crippen molar-refractivity contribution in [2.45, 2.75) is 32.2 Å². The summed E-state index contributed by atoms with van der Waals surface area (Å²) in [5, 5.41) is 0. The number of amides is 1. The zero-order valence-corrected chi connectivity index (χ0v) is 16.0. The number of ether oxygens (including phenoxy) is 2. The van der Waals surface area contributed by atoms with E-state index in [0.29, 0.717) is 36.3 Å². The average Bonchev–Trinajstić information content (AvgIpc) is 2.99. The summed E-state index contributed by atoms with van der Waals surface area (Å²) in [4.78, 5) is 25.1. The first-order valence-electron chi connectivity index (χ1n) is 8.66. The third kappa shape index (κ3) is 5.20. The molecule has 0 saturated carbocycles. The van der Waals surface area contributed by atoms with Crippen LogP contribution in [-0.2, 0) is 14.6 Å². The zero-order valence-electron chi connectivity index (χ0n) is 15.1. The van der Waals surface area contributed by atoms with Crippen LogP contribution in [0.5, 0.6) is 11.5 Å². The van der Waals surface area contributed by atoms with Gasteiger partial charge in [-0.1, -0.05) is 13.3 Å². The second-order valence-electron chi connectivity index (χ2n) is 6.31. The molecule has 26 heavy (non-hydrogen) atoms. The molecule has 1 amide bonds. The summed E-state index contributed by atoms with van der Waals surface area (Å²) in [7, 11) is -1.62. The molecule has 1 unspecified atom stereocenters. The van der Waals surface area contributed by atoms with E-state index in [1.54, 1.807) is 17.0 Å². The maximum Gasteiger partial charge on any atom is 0.260 e. The fourth-order valence-corrected chi connectivity index (χ4v) is 4.69. The van der Waals surface area contributed by atoms with Gasteiger partial charge in [-0.05, 0) is 31.0 Å². The standard InChI is InChI=1S/C18H25NO6S/c1-3-4-8-19(15-7-9-26(22,23)13-15)18(21)12-25-16-6-5-14(11-20)10-17(16)24-2/h5-6,10-11,15H,3-4,7-9,12-13H2,1-2H3. The SMILES string of the molecule is CCCCN(C(=O)COc1ccc(C=O)cc1OC)C1CCS(=O)(=O)C1. The van der Waals surface area contributed by atoms with E-state index in [9.17, 15) is 18.0 Å². The summed E-state index contributed by atoms with van der Waals surface area (Å²) in [6.07, 6.45) is 2.88. The molecule has 1 atom stereocenters. The topological polar surface area (TPSA) is 90.0 Å². The number of benzene rings is 1. The maximum atomic E-state index is 12.7. The van der Waals surface area contributed by atoms with Gasteiger partial charge in [0.05, 0.1) is 18.6 Å². The number of hydrogen-bond donors (Lipinski definition) is 0. The minimum atomic E-state index is -3.07. The fraction of sp³-hybridized carbons (Fsp3) is 0.556. The maximum absolute atomic E-state index is 12.7. The largest absolute Gasteiger partial charge is 0.493 e. The van der Waals surface area contributed by atoms with Crippen molar-refractivity contribution in [2.75, 3.05) is 31.8 Å². The first kappa shape index (κ1) is 20.2. The Balaban J connectivity index is 2.06. The molecular formula is C18H25NO6S. The molecule has 0 radical (unpaired) electrons. The molecule has 1 fully saturated rings. The molecule has 0 aromatic heterocycles. The van der Waals surface area contributed by atoms with Crippen LogP contribution >= 0.6 is 0 Å². The molecule has 0 aliphatic carbocycles. The molecule has 7 nitrogen and oxygen atoms in total. The van der Waals surface area contributed by atoms with Crippen LogP contribution in [0.3, 0.4) is 0 Å². The first-order chi connectivity index (χ1) is 12.4. The van der Waals surface area contributed by atoms with Gasteiger partial charge in [-0.3, -0.25) is 9.59 Å². The monoisotopic (exact) mass is 383 g/mol. The van der Waals surface area contributed by atoms with Crippen LogP contribution in [0.1, 0.15) is 36.5 Å². The molecule has 2 rings (SSSR count). The smallest absolute Gasteiger partial charge is 0.260 e. The first-order valence-corrected chi connectivity index (χ1v) is 10.5. The number of carbonyl (C=O) groups excluding carboxylic acids is 2. The quantitative estimate of drug-likeness (QED) is 0.603. The van der Waals surface area contributed by atoms with Gasteiger partial charge in [0.2, 0.25) is 0 Å². The Hall–Kier alpha value is -2.09. The highest BCUT2D eigenvalue weighted by Crippen LogP contribution is 2.28. The Kier molecular flexibility index (Phi) is 7.02. The van der Waals surface area contributed by atoms with E-state index in [0.717, 1.165) is 12.8 Å². The highest BCUT2D eigenvalue weighted by atomic mass is 32.2. The molecule has 1 aromatic carbocycles. The van der Waals surface area contributed by atoms with Gasteiger partial charge in [-0.15, -0.1) is 0 Å². The molecule has 0 bridgehead atoms. The van der Waals surface area contributed by atoms with Gasteiger partial charge in [0.25, 0.3) is 5.91 Å². The van der Waals surface area contributed by atoms with E-state index in [-0.39, 0.29) is 30.1 Å². The van der Waals surface area contributed by atoms with Crippen LogP contribution in [-0.4, -0.2) is 63.3 Å². The summed E-state index contributed by atoms with van der Waals surface area (Å²) < 4.78 is 34.3. The normalized spacial score (nSPS) is 18.3. The average molecular weight is 383 g/mol. The molecule has 0 N–H and O–H groups in total. The lowest BCUT2D eigenvalue weighted by molar-refractivity contribution is -0.135. The molecule has 1 saturated heterocycles. The summed E-state index contributed by atoms with van der Waals surface area (Å²) >= 11 is 0. The highest BCUT2D eigenvalue weighted by molar-refractivity contribution is 7.91. The van der Waals surface area contributed by atoms with Crippen molar-refractivity contribution in [3.8, 4) is 11.5 Å². The second kappa shape index (κ2) is 9.02. The predicted molar refractivity (Wildman–Crippen MR) is 97.6 cm³/mol. The van der Waals surface area contributed by atoms with Crippen LogP contribution in [0.15, 0.2) is 18.2 Å². The third-order valence-corrected chi connectivity index (χ3v) is 6.15. The van der Waals surface area contributed by atoms with Gasteiger partial charge < -0.3 is 14.4 Å². The van der Waals surface area contributed by atoms with E-state index in [2.05, 4.69) is 0 Å². The molecular weight excluding hydrogens is 358 g/mol. The lowest BCUT2D eigenvalue weighted by Gasteiger charge is -2.28. The lowest BCUT2D eigenvalue weighted by atomic mass is 10.2. The van der Waals surface area contributed by atoms with E-state index in [1.165, 1.54) is 13.2 Å². The number of nitrogens with zero attached hydrogens (tertiary/aromatic N) is 1. The van der Waals surface area contributed by atoms with Crippen LogP contribution in [0, 0.1) is 0 Å². The van der Waals surface area contributed by atoms with E-state index < -0.39 is 9.84 Å². The van der Waals surface area contributed by atoms with Gasteiger partial charge in [0.15, 0.2) is 27.9 Å². The number of hydrogen-bond acceptors (Lipinski definition) is 6. The van der Waals surface area contributed by atoms with Crippen molar-refractivity contribution in [3.63, 3.8) is 0 Å². The fourth-order valence-electron chi connectivity index (χ4n) is 2.96. The molecule has 8 heteroatoms. The van der Waals surface area contributed by atoms with Crippen molar-refractivity contribution in [1.29, 1.82) is 0 Å². The minimum Gasteiger partial charge on any atom is -0.493 e. The van der Waals surface area contributed by atoms with Crippen LogP contribution in [0.25, 0.3) is 0 Å². The number of aldehydes is 1. The van der Waals surface area contributed by atoms with Crippen LogP contribution in [0.4, 0.5) is 0 Å². The molecule has 1 aliphatic rings. The van der Waals surface area contributed by atoms with E-state index in [4.69, 9.17) is 9.47 Å². The Morgan fingerprint density at radius 2 is 2.12 bits per heavy atom. The Morgan fingerprint density at radius 3 is 2.69 bits per heavy atom. The zero-order chi connectivity index (χ0) is 19.2. The van der Waals surface area contributed by atoms with Crippen molar-refractivity contribution < 1.29 is 27.5 Å². The third-order valence-electron chi connectivity index (χ3n) is 4.40. The number of methoxy groups -OCH3 is 1. The van der Waals surface area contributed by atoms with Crippen molar-refractivity contribution in [2.24, 2.45) is 0 Å². The molecule has 1 aliphatic heterocycles. The number of sulfone groups is 1. The van der Waals surface area contributed by atoms with Gasteiger partial charge in [-0.25, -0.2) is 8.42 Å². The van der Waals surface area contributed by atoms with Gasteiger partial charge in [0, 0.05) is 18.2 Å². The summed E-state index contributed by atoms with van der Waals surface area (Å²) in [5.74, 6) is 0.615. The van der Waals surface area contributed by atoms with Gasteiger partial charge >= 0.3 is 0 Å². The number of unbranched alkanes of at least 4 members (excludes halogenated alkanes) is 1. The van der Waals surface area contributed by atoms with E-state index >= 15 is 0 Å². The van der Waals surface area contributed by atoms with E-state index in [1.807, 2.05) is 6.92 Å². The van der Waals surface area contributed by atoms with Gasteiger partial charge in [-0.2, -0.15) is 0 Å². The van der Waals surface area contributed by atoms with Crippen molar-refractivity contribution in [1.82, 2.24) is 4.90 Å². The number of rotatable bonds is 9. The Morgan fingerprint density at radius 1 is 1.35 bits per heavy atom. The second-order valence-corrected chi connectivity index (χ2v) is 8.54. The molecule has 144 valence electrons. The molecule has 1 aromatic rings. The van der Waals surface area contributed by atoms with Crippen LogP contribution in [0.2, 0.25) is 0 Å². The highest BCUT2D eigenvalue weighted by Gasteiger charge is 2.34. The number of carbonyl (C=O) groups is 2. The summed E-state index contributed by atoms with van der Waals surface area (Å²) in [6.45, 7) is 2.32. The minimum absolute atomic E-state index is 0.0137. The lowest BCUT2D eigenvalue weighted by Crippen LogP contribution is -2.44. The molecule has 1 heterocycles. The molecule has 0 spiro atoms. The van der Waals surface area contributed by atoms with Crippen molar-refractivity contribution in [3.05, 3.63) is 23.8 Å².